The van der Waals surface area contributed by atoms with Crippen LogP contribution in [0, 0.1) is 5.82 Å². The summed E-state index contributed by atoms with van der Waals surface area (Å²) in [6.45, 7) is 7.20. The van der Waals surface area contributed by atoms with Crippen molar-refractivity contribution < 1.29 is 9.13 Å². The fourth-order valence-electron chi connectivity index (χ4n) is 4.98. The Labute approximate surface area is 157 Å². The van der Waals surface area contributed by atoms with Gasteiger partial charge in [-0.1, -0.05) is 6.92 Å². The average Bonchev–Trinajstić information content (AvgIpc) is 3.05. The highest BCUT2D eigenvalue weighted by molar-refractivity contribution is 5.94. The van der Waals surface area contributed by atoms with Crippen LogP contribution in [0.25, 0.3) is 22.0 Å². The van der Waals surface area contributed by atoms with Crippen LogP contribution in [0.3, 0.4) is 0 Å². The minimum Gasteiger partial charge on any atom is -0.377 e. The lowest BCUT2D eigenvalue weighted by Crippen LogP contribution is -2.56. The maximum Gasteiger partial charge on any atom is 0.133 e. The summed E-state index contributed by atoms with van der Waals surface area (Å²) in [5, 5.41) is 4.35. The number of hydrogen-bond acceptors (Lipinski definition) is 4. The van der Waals surface area contributed by atoms with Crippen LogP contribution in [-0.2, 0) is 10.2 Å². The van der Waals surface area contributed by atoms with E-state index in [4.69, 9.17) is 4.74 Å². The van der Waals surface area contributed by atoms with E-state index < -0.39 is 0 Å². The van der Waals surface area contributed by atoms with Crippen LogP contribution in [-0.4, -0.2) is 28.2 Å². The van der Waals surface area contributed by atoms with Gasteiger partial charge in [-0.15, -0.1) is 0 Å². The Morgan fingerprint density at radius 1 is 1.15 bits per heavy atom. The number of benzene rings is 1. The number of nitrogens with one attached hydrogen (secondary N) is 1. The van der Waals surface area contributed by atoms with Crippen molar-refractivity contribution in [3.05, 3.63) is 54.2 Å². The predicted molar refractivity (Wildman–Crippen MR) is 104 cm³/mol. The molecule has 4 heterocycles. The average molecular weight is 363 g/mol. The fourth-order valence-corrected chi connectivity index (χ4v) is 4.98. The van der Waals surface area contributed by atoms with Gasteiger partial charge in [0.1, 0.15) is 5.82 Å². The molecular formula is C22H22FN3O. The molecule has 2 aromatic heterocycles. The molecule has 3 aromatic rings. The van der Waals surface area contributed by atoms with E-state index in [2.05, 4.69) is 36.1 Å². The van der Waals surface area contributed by atoms with Crippen molar-refractivity contribution in [1.82, 2.24) is 9.97 Å². The topological polar surface area (TPSA) is 47.0 Å². The van der Waals surface area contributed by atoms with Gasteiger partial charge in [-0.3, -0.25) is 9.97 Å². The van der Waals surface area contributed by atoms with Crippen molar-refractivity contribution >= 4 is 16.6 Å². The van der Waals surface area contributed by atoms with Crippen LogP contribution in [0.5, 0.6) is 0 Å². The monoisotopic (exact) mass is 363 g/mol. The second-order valence-electron chi connectivity index (χ2n) is 8.39. The summed E-state index contributed by atoms with van der Waals surface area (Å²) in [6, 6.07) is 7.34. The van der Waals surface area contributed by atoms with E-state index in [1.54, 1.807) is 24.7 Å². The lowest BCUT2D eigenvalue weighted by molar-refractivity contribution is 0.0352. The number of hydrogen-bond donors (Lipinski definition) is 1. The molecule has 0 spiro atoms. The first kappa shape index (κ1) is 16.6. The molecule has 0 radical (unpaired) electrons. The molecule has 0 saturated carbocycles. The molecule has 27 heavy (non-hydrogen) atoms. The molecule has 5 heteroatoms. The van der Waals surface area contributed by atoms with E-state index in [1.165, 1.54) is 0 Å². The molecule has 1 aromatic carbocycles. The van der Waals surface area contributed by atoms with Crippen molar-refractivity contribution in [1.29, 1.82) is 0 Å². The molecule has 1 N–H and O–H groups in total. The summed E-state index contributed by atoms with van der Waals surface area (Å²) >= 11 is 0. The van der Waals surface area contributed by atoms with Crippen molar-refractivity contribution in [3.8, 4) is 11.1 Å². The normalized spacial score (nSPS) is 25.7. The van der Waals surface area contributed by atoms with Gasteiger partial charge in [0.25, 0.3) is 0 Å². The second kappa shape index (κ2) is 5.49. The molecule has 2 atom stereocenters. The molecule has 4 nitrogen and oxygen atoms in total. The summed E-state index contributed by atoms with van der Waals surface area (Å²) in [4.78, 5) is 8.58. The predicted octanol–water partition coefficient (Wildman–Crippen LogP) is 4.69. The summed E-state index contributed by atoms with van der Waals surface area (Å²) in [5.74, 6) is -0.241. The van der Waals surface area contributed by atoms with Gasteiger partial charge in [0.05, 0.1) is 17.2 Å². The largest absolute Gasteiger partial charge is 0.377 e. The highest BCUT2D eigenvalue weighted by atomic mass is 19.1. The van der Waals surface area contributed by atoms with Crippen LogP contribution in [0.15, 0.2) is 42.9 Å². The van der Waals surface area contributed by atoms with Gasteiger partial charge >= 0.3 is 0 Å². The smallest absolute Gasteiger partial charge is 0.133 e. The molecule has 2 aliphatic rings. The first-order valence-corrected chi connectivity index (χ1v) is 9.33. The van der Waals surface area contributed by atoms with Gasteiger partial charge in [0, 0.05) is 47.2 Å². The van der Waals surface area contributed by atoms with Gasteiger partial charge in [0.15, 0.2) is 0 Å². The molecular weight excluding hydrogens is 341 g/mol. The van der Waals surface area contributed by atoms with E-state index in [9.17, 15) is 0 Å². The zero-order valence-corrected chi connectivity index (χ0v) is 15.7. The zero-order valence-electron chi connectivity index (χ0n) is 15.7. The van der Waals surface area contributed by atoms with E-state index in [0.717, 1.165) is 40.7 Å². The SMILES string of the molecule is CC1(C)Nc2cc(F)c(-c3ccnc4ccncc34)cc2C2(C)CCOC12. The number of ether oxygens (including phenoxy) is 1. The molecule has 138 valence electrons. The van der Waals surface area contributed by atoms with Crippen molar-refractivity contribution in [2.24, 2.45) is 0 Å². The molecule has 2 unspecified atom stereocenters. The minimum absolute atomic E-state index is 0.0478. The van der Waals surface area contributed by atoms with Gasteiger partial charge in [-0.05, 0) is 55.7 Å². The van der Waals surface area contributed by atoms with E-state index in [1.807, 2.05) is 18.2 Å². The summed E-state index contributed by atoms with van der Waals surface area (Å²) in [6.07, 6.45) is 6.16. The van der Waals surface area contributed by atoms with Gasteiger partial charge in [-0.2, -0.15) is 0 Å². The Hall–Kier alpha value is -2.53. The van der Waals surface area contributed by atoms with Crippen LogP contribution in [0.2, 0.25) is 0 Å². The van der Waals surface area contributed by atoms with Gasteiger partial charge in [0.2, 0.25) is 0 Å². The second-order valence-corrected chi connectivity index (χ2v) is 8.39. The standard InChI is InChI=1S/C22H22FN3O/c1-21(2)20-22(3,6-9-27-20)16-10-14(17(23)11-19(16)26-21)13-4-8-25-18-5-7-24-12-15(13)18/h4-5,7-8,10-12,20,26H,6,9H2,1-3H3. The van der Waals surface area contributed by atoms with Crippen LogP contribution in [0.4, 0.5) is 10.1 Å². The van der Waals surface area contributed by atoms with Crippen LogP contribution < -0.4 is 5.32 Å². The first-order chi connectivity index (χ1) is 12.9. The quantitative estimate of drug-likeness (QED) is 0.681. The Morgan fingerprint density at radius 2 is 2.00 bits per heavy atom. The Bertz CT molecular complexity index is 1060. The fraction of sp³-hybridized carbons (Fsp3) is 0.364. The minimum atomic E-state index is -0.251. The van der Waals surface area contributed by atoms with E-state index >= 15 is 4.39 Å². The van der Waals surface area contributed by atoms with Crippen molar-refractivity contribution in [2.45, 2.75) is 44.2 Å². The first-order valence-electron chi connectivity index (χ1n) is 9.33. The number of pyridine rings is 2. The highest BCUT2D eigenvalue weighted by Crippen LogP contribution is 2.51. The van der Waals surface area contributed by atoms with Crippen LogP contribution >= 0.6 is 0 Å². The number of rotatable bonds is 1. The Balaban J connectivity index is 1.76. The summed E-state index contributed by atoms with van der Waals surface area (Å²) in [5.41, 5.74) is 3.80. The maximum absolute atomic E-state index is 15.2. The third kappa shape index (κ3) is 2.31. The molecule has 5 rings (SSSR count). The van der Waals surface area contributed by atoms with Crippen molar-refractivity contribution in [3.63, 3.8) is 0 Å². The third-order valence-electron chi connectivity index (χ3n) is 6.15. The van der Waals surface area contributed by atoms with E-state index in [0.29, 0.717) is 5.56 Å². The lowest BCUT2D eigenvalue weighted by Gasteiger charge is -2.48. The number of anilines is 1. The Morgan fingerprint density at radius 3 is 2.85 bits per heavy atom. The van der Waals surface area contributed by atoms with Crippen molar-refractivity contribution in [2.75, 3.05) is 11.9 Å². The van der Waals surface area contributed by atoms with Crippen LogP contribution in [0.1, 0.15) is 32.8 Å². The molecule has 1 saturated heterocycles. The molecule has 0 bridgehead atoms. The molecule has 0 amide bonds. The third-order valence-corrected chi connectivity index (χ3v) is 6.15. The molecule has 0 aliphatic carbocycles. The van der Waals surface area contributed by atoms with Gasteiger partial charge in [-0.25, -0.2) is 4.39 Å². The summed E-state index contributed by atoms with van der Waals surface area (Å²) < 4.78 is 21.3. The maximum atomic E-state index is 15.2. The molecule has 2 aliphatic heterocycles. The highest BCUT2D eigenvalue weighted by Gasteiger charge is 2.53. The number of halogens is 1. The number of aromatic nitrogens is 2. The van der Waals surface area contributed by atoms with Gasteiger partial charge < -0.3 is 10.1 Å². The zero-order chi connectivity index (χ0) is 18.8. The summed E-state index contributed by atoms with van der Waals surface area (Å²) in [7, 11) is 0. The Kier molecular flexibility index (Phi) is 3.38. The lowest BCUT2D eigenvalue weighted by atomic mass is 9.66. The van der Waals surface area contributed by atoms with E-state index in [-0.39, 0.29) is 22.9 Å². The number of fused-ring (bicyclic) bond motifs is 4. The molecule has 1 fully saturated rings. The number of nitrogens with zero attached hydrogens (tertiary/aromatic N) is 2.